The van der Waals surface area contributed by atoms with Gasteiger partial charge in [0.2, 0.25) is 0 Å². The molecule has 3 aromatic rings. The Morgan fingerprint density at radius 2 is 1.91 bits per heavy atom. The molecule has 1 saturated carbocycles. The van der Waals surface area contributed by atoms with Gasteiger partial charge in [0.15, 0.2) is 5.65 Å². The summed E-state index contributed by atoms with van der Waals surface area (Å²) in [5, 5.41) is 5.04. The molecule has 112 valence electrons. The second-order valence-corrected chi connectivity index (χ2v) is 5.93. The highest BCUT2D eigenvalue weighted by atomic mass is 16.1. The summed E-state index contributed by atoms with van der Waals surface area (Å²) in [6.45, 7) is 0.539. The zero-order valence-corrected chi connectivity index (χ0v) is 12.4. The van der Waals surface area contributed by atoms with Gasteiger partial charge in [-0.2, -0.15) is 5.10 Å². The van der Waals surface area contributed by atoms with E-state index in [2.05, 4.69) is 10.1 Å². The number of hydrogen-bond donors (Lipinski definition) is 0. The SMILES string of the molecule is O=c1c2cnn(C3CCCC3)c2ncn1Cc1ccccc1. The lowest BCUT2D eigenvalue weighted by atomic mass is 10.2. The Balaban J connectivity index is 1.73. The van der Waals surface area contributed by atoms with E-state index in [1.807, 2.05) is 35.0 Å². The molecule has 1 aromatic carbocycles. The number of rotatable bonds is 3. The highest BCUT2D eigenvalue weighted by Crippen LogP contribution is 2.30. The third-order valence-corrected chi connectivity index (χ3v) is 4.45. The molecular formula is C17H18N4O. The van der Waals surface area contributed by atoms with Crippen LogP contribution in [0.4, 0.5) is 0 Å². The number of benzene rings is 1. The van der Waals surface area contributed by atoms with Gasteiger partial charge in [-0.15, -0.1) is 0 Å². The molecule has 2 heterocycles. The molecule has 0 bridgehead atoms. The Morgan fingerprint density at radius 3 is 2.68 bits per heavy atom. The minimum atomic E-state index is -0.0156. The lowest BCUT2D eigenvalue weighted by Gasteiger charge is -2.11. The fourth-order valence-electron chi connectivity index (χ4n) is 3.28. The molecule has 0 amide bonds. The van der Waals surface area contributed by atoms with E-state index >= 15 is 0 Å². The van der Waals surface area contributed by atoms with Crippen molar-refractivity contribution in [3.63, 3.8) is 0 Å². The minimum Gasteiger partial charge on any atom is -0.294 e. The zero-order valence-electron chi connectivity index (χ0n) is 12.4. The van der Waals surface area contributed by atoms with Crippen molar-refractivity contribution in [2.24, 2.45) is 0 Å². The number of fused-ring (bicyclic) bond motifs is 1. The molecule has 0 N–H and O–H groups in total. The molecule has 5 heteroatoms. The van der Waals surface area contributed by atoms with Crippen LogP contribution in [-0.4, -0.2) is 19.3 Å². The van der Waals surface area contributed by atoms with Crippen molar-refractivity contribution < 1.29 is 0 Å². The molecule has 4 rings (SSSR count). The van der Waals surface area contributed by atoms with Crippen LogP contribution in [0, 0.1) is 0 Å². The van der Waals surface area contributed by atoms with Crippen molar-refractivity contribution >= 4 is 11.0 Å². The van der Waals surface area contributed by atoms with Crippen LogP contribution >= 0.6 is 0 Å². The van der Waals surface area contributed by atoms with E-state index in [1.165, 1.54) is 12.8 Å². The van der Waals surface area contributed by atoms with Crippen LogP contribution in [0.15, 0.2) is 47.7 Å². The standard InChI is InChI=1S/C17H18N4O/c22-17-15-10-19-21(14-8-4-5-9-14)16(15)18-12-20(17)11-13-6-2-1-3-7-13/h1-3,6-7,10,12,14H,4-5,8-9,11H2. The molecule has 1 aliphatic carbocycles. The van der Waals surface area contributed by atoms with Crippen LogP contribution in [0.3, 0.4) is 0 Å². The number of nitrogens with zero attached hydrogens (tertiary/aromatic N) is 4. The second-order valence-electron chi connectivity index (χ2n) is 5.93. The van der Waals surface area contributed by atoms with Crippen LogP contribution in [0.1, 0.15) is 37.3 Å². The van der Waals surface area contributed by atoms with Gasteiger partial charge >= 0.3 is 0 Å². The number of hydrogen-bond acceptors (Lipinski definition) is 3. The van der Waals surface area contributed by atoms with Gasteiger partial charge in [0, 0.05) is 0 Å². The summed E-state index contributed by atoms with van der Waals surface area (Å²) >= 11 is 0. The summed E-state index contributed by atoms with van der Waals surface area (Å²) in [6, 6.07) is 10.3. The Labute approximate surface area is 128 Å². The number of aromatic nitrogens is 4. The summed E-state index contributed by atoms with van der Waals surface area (Å²) in [5.41, 5.74) is 1.80. The second kappa shape index (κ2) is 5.40. The molecule has 0 spiro atoms. The quantitative estimate of drug-likeness (QED) is 0.746. The molecule has 2 aromatic heterocycles. The Hall–Kier alpha value is -2.43. The predicted octanol–water partition coefficient (Wildman–Crippen LogP) is 2.76. The van der Waals surface area contributed by atoms with Crippen LogP contribution in [-0.2, 0) is 6.54 Å². The lowest BCUT2D eigenvalue weighted by Crippen LogP contribution is -2.21. The van der Waals surface area contributed by atoms with E-state index in [0.717, 1.165) is 24.1 Å². The van der Waals surface area contributed by atoms with Gasteiger partial charge in [-0.1, -0.05) is 43.2 Å². The lowest BCUT2D eigenvalue weighted by molar-refractivity contribution is 0.478. The summed E-state index contributed by atoms with van der Waals surface area (Å²) in [4.78, 5) is 17.1. The molecular weight excluding hydrogens is 276 g/mol. The van der Waals surface area contributed by atoms with E-state index in [-0.39, 0.29) is 5.56 Å². The van der Waals surface area contributed by atoms with E-state index in [0.29, 0.717) is 18.0 Å². The zero-order chi connectivity index (χ0) is 14.9. The molecule has 0 radical (unpaired) electrons. The van der Waals surface area contributed by atoms with Crippen molar-refractivity contribution in [2.75, 3.05) is 0 Å². The average Bonchev–Trinajstić information content (AvgIpc) is 3.20. The molecule has 22 heavy (non-hydrogen) atoms. The predicted molar refractivity (Wildman–Crippen MR) is 84.8 cm³/mol. The van der Waals surface area contributed by atoms with Gasteiger partial charge in [0.25, 0.3) is 5.56 Å². The monoisotopic (exact) mass is 294 g/mol. The van der Waals surface area contributed by atoms with Gasteiger partial charge in [0.05, 0.1) is 18.8 Å². The van der Waals surface area contributed by atoms with Gasteiger partial charge in [-0.05, 0) is 18.4 Å². The molecule has 0 saturated heterocycles. The maximum atomic E-state index is 12.6. The normalized spacial score (nSPS) is 15.6. The van der Waals surface area contributed by atoms with E-state index in [9.17, 15) is 4.79 Å². The Kier molecular flexibility index (Phi) is 3.25. The van der Waals surface area contributed by atoms with Crippen LogP contribution in [0.5, 0.6) is 0 Å². The first-order chi connectivity index (χ1) is 10.8. The Bertz CT molecular complexity index is 844. The fourth-order valence-corrected chi connectivity index (χ4v) is 3.28. The maximum Gasteiger partial charge on any atom is 0.264 e. The maximum absolute atomic E-state index is 12.6. The third kappa shape index (κ3) is 2.22. The van der Waals surface area contributed by atoms with Crippen LogP contribution in [0.25, 0.3) is 11.0 Å². The van der Waals surface area contributed by atoms with Crippen molar-refractivity contribution in [1.29, 1.82) is 0 Å². The van der Waals surface area contributed by atoms with E-state index in [4.69, 9.17) is 0 Å². The van der Waals surface area contributed by atoms with Crippen molar-refractivity contribution in [3.05, 3.63) is 58.8 Å². The molecule has 0 unspecified atom stereocenters. The molecule has 1 fully saturated rings. The topological polar surface area (TPSA) is 52.7 Å². The highest BCUT2D eigenvalue weighted by molar-refractivity contribution is 5.73. The van der Waals surface area contributed by atoms with Gasteiger partial charge in [0.1, 0.15) is 11.7 Å². The summed E-state index contributed by atoms with van der Waals surface area (Å²) in [6.07, 6.45) is 8.04. The van der Waals surface area contributed by atoms with Crippen LogP contribution < -0.4 is 5.56 Å². The molecule has 1 aliphatic rings. The van der Waals surface area contributed by atoms with Gasteiger partial charge < -0.3 is 0 Å². The fraction of sp³-hybridized carbons (Fsp3) is 0.353. The first-order valence-corrected chi connectivity index (χ1v) is 7.79. The molecule has 0 atom stereocenters. The van der Waals surface area contributed by atoms with Crippen molar-refractivity contribution in [3.8, 4) is 0 Å². The molecule has 0 aliphatic heterocycles. The first kappa shape index (κ1) is 13.2. The van der Waals surface area contributed by atoms with Crippen LogP contribution in [0.2, 0.25) is 0 Å². The van der Waals surface area contributed by atoms with E-state index < -0.39 is 0 Å². The first-order valence-electron chi connectivity index (χ1n) is 7.79. The molecule has 5 nitrogen and oxygen atoms in total. The third-order valence-electron chi connectivity index (χ3n) is 4.45. The Morgan fingerprint density at radius 1 is 1.14 bits per heavy atom. The average molecular weight is 294 g/mol. The van der Waals surface area contributed by atoms with E-state index in [1.54, 1.807) is 17.1 Å². The van der Waals surface area contributed by atoms with Crippen molar-refractivity contribution in [1.82, 2.24) is 19.3 Å². The summed E-state index contributed by atoms with van der Waals surface area (Å²) < 4.78 is 3.59. The minimum absolute atomic E-state index is 0.0156. The summed E-state index contributed by atoms with van der Waals surface area (Å²) in [7, 11) is 0. The van der Waals surface area contributed by atoms with Gasteiger partial charge in [-0.25, -0.2) is 9.67 Å². The highest BCUT2D eigenvalue weighted by Gasteiger charge is 2.21. The smallest absolute Gasteiger partial charge is 0.264 e. The largest absolute Gasteiger partial charge is 0.294 e. The van der Waals surface area contributed by atoms with Gasteiger partial charge in [-0.3, -0.25) is 9.36 Å². The van der Waals surface area contributed by atoms with Crippen molar-refractivity contribution in [2.45, 2.75) is 38.3 Å². The summed E-state index contributed by atoms with van der Waals surface area (Å²) in [5.74, 6) is 0.